The van der Waals surface area contributed by atoms with Crippen LogP contribution in [-0.2, 0) is 4.79 Å². The average molecular weight is 210 g/mol. The van der Waals surface area contributed by atoms with E-state index in [4.69, 9.17) is 10.3 Å². The maximum Gasteiger partial charge on any atom is 0.272 e. The summed E-state index contributed by atoms with van der Waals surface area (Å²) in [5.41, 5.74) is 5.67. The largest absolute Gasteiger partial charge is 0.337 e. The van der Waals surface area contributed by atoms with Crippen molar-refractivity contribution in [3.8, 4) is 0 Å². The topological polar surface area (TPSA) is 85.3 Å². The highest BCUT2D eigenvalue weighted by atomic mass is 16.5. The number of carbonyl (C=O) groups is 1. The lowest BCUT2D eigenvalue weighted by atomic mass is 10.2. The molecule has 0 spiro atoms. The molecule has 2 rings (SSSR count). The first-order valence-corrected chi connectivity index (χ1v) is 4.97. The fraction of sp³-hybridized carbons (Fsp3) is 0.667. The van der Waals surface area contributed by atoms with Crippen molar-refractivity contribution in [1.82, 2.24) is 10.1 Å². The molecule has 0 bridgehead atoms. The van der Waals surface area contributed by atoms with Gasteiger partial charge in [0, 0.05) is 24.9 Å². The smallest absolute Gasteiger partial charge is 0.272 e. The Bertz CT molecular complexity index is 374. The van der Waals surface area contributed by atoms with E-state index in [1.807, 2.05) is 13.8 Å². The lowest BCUT2D eigenvalue weighted by Crippen LogP contribution is -2.28. The summed E-state index contributed by atoms with van der Waals surface area (Å²) in [6, 6.07) is -0.126. The number of nitrogens with two attached hydrogens (primary N) is 1. The van der Waals surface area contributed by atoms with Crippen molar-refractivity contribution >= 4 is 11.9 Å². The molecule has 1 amide bonds. The van der Waals surface area contributed by atoms with Crippen LogP contribution in [0.4, 0.5) is 5.95 Å². The van der Waals surface area contributed by atoms with Gasteiger partial charge in [-0.15, -0.1) is 0 Å². The zero-order chi connectivity index (χ0) is 11.0. The molecule has 0 radical (unpaired) electrons. The summed E-state index contributed by atoms with van der Waals surface area (Å²) in [7, 11) is 0. The van der Waals surface area contributed by atoms with Gasteiger partial charge in [-0.2, -0.15) is 4.98 Å². The van der Waals surface area contributed by atoms with Crippen LogP contribution >= 0.6 is 0 Å². The highest BCUT2D eigenvalue weighted by molar-refractivity contribution is 5.94. The van der Waals surface area contributed by atoms with Gasteiger partial charge < -0.3 is 10.3 Å². The third kappa shape index (κ3) is 1.85. The third-order valence-corrected chi connectivity index (χ3v) is 2.32. The molecule has 1 aliphatic rings. The Labute approximate surface area is 87.4 Å². The molecule has 1 unspecified atom stereocenters. The second kappa shape index (κ2) is 3.62. The third-order valence-electron chi connectivity index (χ3n) is 2.32. The van der Waals surface area contributed by atoms with E-state index in [9.17, 15) is 4.79 Å². The van der Waals surface area contributed by atoms with Gasteiger partial charge in [-0.1, -0.05) is 13.8 Å². The fourth-order valence-electron chi connectivity index (χ4n) is 1.50. The molecule has 1 aromatic rings. The number of nitrogens with zero attached hydrogens (tertiary/aromatic N) is 3. The molecule has 82 valence electrons. The van der Waals surface area contributed by atoms with Crippen LogP contribution in [0.1, 0.15) is 32.1 Å². The standard InChI is InChI=1S/C9H14N4O2/c1-5(2)8-11-9(12-15-8)13-4-6(10)3-7(13)14/h5-6H,3-4,10H2,1-2H3. The van der Waals surface area contributed by atoms with E-state index in [1.54, 1.807) is 0 Å². The van der Waals surface area contributed by atoms with Crippen LogP contribution in [-0.4, -0.2) is 28.6 Å². The summed E-state index contributed by atoms with van der Waals surface area (Å²) < 4.78 is 5.03. The minimum Gasteiger partial charge on any atom is -0.337 e. The summed E-state index contributed by atoms with van der Waals surface area (Å²) in [4.78, 5) is 17.1. The first-order chi connectivity index (χ1) is 7.08. The Morgan fingerprint density at radius 2 is 2.33 bits per heavy atom. The van der Waals surface area contributed by atoms with Gasteiger partial charge in [0.25, 0.3) is 5.95 Å². The lowest BCUT2D eigenvalue weighted by molar-refractivity contribution is -0.117. The summed E-state index contributed by atoms with van der Waals surface area (Å²) in [6.07, 6.45) is 0.353. The van der Waals surface area contributed by atoms with Crippen LogP contribution < -0.4 is 10.6 Å². The van der Waals surface area contributed by atoms with E-state index < -0.39 is 0 Å². The predicted molar refractivity (Wildman–Crippen MR) is 53.3 cm³/mol. The summed E-state index contributed by atoms with van der Waals surface area (Å²) in [5, 5.41) is 3.77. The van der Waals surface area contributed by atoms with Gasteiger partial charge in [-0.25, -0.2) is 0 Å². The van der Waals surface area contributed by atoms with Crippen molar-refractivity contribution < 1.29 is 9.32 Å². The van der Waals surface area contributed by atoms with E-state index in [0.29, 0.717) is 24.8 Å². The van der Waals surface area contributed by atoms with Crippen molar-refractivity contribution in [2.75, 3.05) is 11.4 Å². The predicted octanol–water partition coefficient (Wildman–Crippen LogP) is 0.257. The molecule has 6 heteroatoms. The van der Waals surface area contributed by atoms with Crippen molar-refractivity contribution in [3.05, 3.63) is 5.89 Å². The molecule has 2 heterocycles. The number of carbonyl (C=O) groups excluding carboxylic acids is 1. The molecule has 6 nitrogen and oxygen atoms in total. The molecule has 1 aliphatic heterocycles. The minimum atomic E-state index is -0.126. The van der Waals surface area contributed by atoms with Crippen molar-refractivity contribution in [2.45, 2.75) is 32.2 Å². The van der Waals surface area contributed by atoms with Crippen molar-refractivity contribution in [2.24, 2.45) is 5.73 Å². The van der Waals surface area contributed by atoms with Gasteiger partial charge >= 0.3 is 0 Å². The second-order valence-electron chi connectivity index (χ2n) is 4.06. The number of aromatic nitrogens is 2. The fourth-order valence-corrected chi connectivity index (χ4v) is 1.50. The lowest BCUT2D eigenvalue weighted by Gasteiger charge is -2.08. The number of amides is 1. The number of anilines is 1. The average Bonchev–Trinajstić information content (AvgIpc) is 2.71. The normalized spacial score (nSPS) is 21.7. The van der Waals surface area contributed by atoms with E-state index in [2.05, 4.69) is 10.1 Å². The van der Waals surface area contributed by atoms with Crippen molar-refractivity contribution in [1.29, 1.82) is 0 Å². The van der Waals surface area contributed by atoms with Crippen LogP contribution in [0.2, 0.25) is 0 Å². The number of rotatable bonds is 2. The molecular formula is C9H14N4O2. The zero-order valence-electron chi connectivity index (χ0n) is 8.80. The molecule has 0 aliphatic carbocycles. The molecular weight excluding hydrogens is 196 g/mol. The molecule has 0 aromatic carbocycles. The van der Waals surface area contributed by atoms with Gasteiger partial charge in [-0.05, 0) is 5.16 Å². The molecule has 0 saturated carbocycles. The minimum absolute atomic E-state index is 0.0430. The Balaban J connectivity index is 2.19. The molecule has 1 saturated heterocycles. The zero-order valence-corrected chi connectivity index (χ0v) is 8.80. The van der Waals surface area contributed by atoms with Gasteiger partial charge in [0.05, 0.1) is 0 Å². The van der Waals surface area contributed by atoms with Gasteiger partial charge in [0.2, 0.25) is 11.8 Å². The van der Waals surface area contributed by atoms with Crippen LogP contribution in [0.3, 0.4) is 0 Å². The van der Waals surface area contributed by atoms with Crippen LogP contribution in [0.5, 0.6) is 0 Å². The quantitative estimate of drug-likeness (QED) is 0.756. The van der Waals surface area contributed by atoms with Gasteiger partial charge in [0.1, 0.15) is 0 Å². The molecule has 2 N–H and O–H groups in total. The van der Waals surface area contributed by atoms with E-state index in [0.717, 1.165) is 0 Å². The Hall–Kier alpha value is -1.43. The molecule has 1 aromatic heterocycles. The highest BCUT2D eigenvalue weighted by Gasteiger charge is 2.31. The number of hydrogen-bond acceptors (Lipinski definition) is 5. The summed E-state index contributed by atoms with van der Waals surface area (Å²) in [5.74, 6) is 0.992. The van der Waals surface area contributed by atoms with E-state index in [-0.39, 0.29) is 17.9 Å². The Morgan fingerprint density at radius 3 is 2.80 bits per heavy atom. The first kappa shape index (κ1) is 10.1. The Kier molecular flexibility index (Phi) is 2.44. The van der Waals surface area contributed by atoms with E-state index >= 15 is 0 Å². The van der Waals surface area contributed by atoms with Gasteiger partial charge in [-0.3, -0.25) is 9.69 Å². The molecule has 1 fully saturated rings. The maximum absolute atomic E-state index is 11.5. The summed E-state index contributed by atoms with van der Waals surface area (Å²) >= 11 is 0. The van der Waals surface area contributed by atoms with E-state index in [1.165, 1.54) is 4.90 Å². The first-order valence-electron chi connectivity index (χ1n) is 4.97. The SMILES string of the molecule is CC(C)c1nc(N2CC(N)CC2=O)no1. The Morgan fingerprint density at radius 1 is 1.60 bits per heavy atom. The number of hydrogen-bond donors (Lipinski definition) is 1. The highest BCUT2D eigenvalue weighted by Crippen LogP contribution is 2.20. The van der Waals surface area contributed by atoms with Crippen LogP contribution in [0.25, 0.3) is 0 Å². The van der Waals surface area contributed by atoms with Crippen LogP contribution in [0.15, 0.2) is 4.52 Å². The van der Waals surface area contributed by atoms with Crippen LogP contribution in [0, 0.1) is 0 Å². The molecule has 1 atom stereocenters. The monoisotopic (exact) mass is 210 g/mol. The second-order valence-corrected chi connectivity index (χ2v) is 4.06. The maximum atomic E-state index is 11.5. The summed E-state index contributed by atoms with van der Waals surface area (Å²) in [6.45, 7) is 4.37. The molecule has 15 heavy (non-hydrogen) atoms. The van der Waals surface area contributed by atoms with Crippen molar-refractivity contribution in [3.63, 3.8) is 0 Å². The van der Waals surface area contributed by atoms with Gasteiger partial charge in [0.15, 0.2) is 0 Å².